The first-order valence-corrected chi connectivity index (χ1v) is 5.51. The lowest BCUT2D eigenvalue weighted by atomic mass is 9.80. The summed E-state index contributed by atoms with van der Waals surface area (Å²) in [5, 5.41) is 8.73. The van der Waals surface area contributed by atoms with Crippen LogP contribution in [0.25, 0.3) is 0 Å². The Bertz CT molecular complexity index is 222. The standard InChI is InChI=1S/C11H19NO3/c1-12(11(14)15)8-10-4-2-9(3-5-10)6-7-13/h7,9-10H,2-6,8H2,1H3,(H,14,15). The fourth-order valence-corrected chi connectivity index (χ4v) is 2.25. The fourth-order valence-electron chi connectivity index (χ4n) is 2.25. The quantitative estimate of drug-likeness (QED) is 0.726. The third-order valence-electron chi connectivity index (χ3n) is 3.25. The van der Waals surface area contributed by atoms with Gasteiger partial charge in [-0.05, 0) is 37.5 Å². The van der Waals surface area contributed by atoms with Gasteiger partial charge < -0.3 is 14.8 Å². The topological polar surface area (TPSA) is 57.6 Å². The van der Waals surface area contributed by atoms with Crippen molar-refractivity contribution in [2.45, 2.75) is 32.1 Å². The molecule has 4 nitrogen and oxygen atoms in total. The number of hydrogen-bond donors (Lipinski definition) is 1. The number of nitrogens with zero attached hydrogens (tertiary/aromatic N) is 1. The number of carbonyl (C=O) groups is 2. The SMILES string of the molecule is CN(CC1CCC(CC=O)CC1)C(=O)O. The highest BCUT2D eigenvalue weighted by atomic mass is 16.4. The molecule has 1 saturated carbocycles. The molecule has 0 spiro atoms. The molecule has 0 unspecified atom stereocenters. The Morgan fingerprint density at radius 2 is 1.87 bits per heavy atom. The van der Waals surface area contributed by atoms with Gasteiger partial charge in [0, 0.05) is 20.0 Å². The molecule has 0 heterocycles. The summed E-state index contributed by atoms with van der Waals surface area (Å²) < 4.78 is 0. The molecule has 0 atom stereocenters. The molecule has 1 fully saturated rings. The number of carbonyl (C=O) groups excluding carboxylic acids is 1. The second-order valence-electron chi connectivity index (χ2n) is 4.45. The molecule has 1 N–H and O–H groups in total. The average Bonchev–Trinajstić information content (AvgIpc) is 2.21. The highest BCUT2D eigenvalue weighted by Crippen LogP contribution is 2.30. The van der Waals surface area contributed by atoms with E-state index in [9.17, 15) is 9.59 Å². The van der Waals surface area contributed by atoms with Crippen molar-refractivity contribution in [2.75, 3.05) is 13.6 Å². The summed E-state index contributed by atoms with van der Waals surface area (Å²) in [6, 6.07) is 0. The molecule has 0 bridgehead atoms. The monoisotopic (exact) mass is 213 g/mol. The lowest BCUT2D eigenvalue weighted by molar-refractivity contribution is -0.108. The van der Waals surface area contributed by atoms with E-state index >= 15 is 0 Å². The van der Waals surface area contributed by atoms with Gasteiger partial charge in [-0.2, -0.15) is 0 Å². The van der Waals surface area contributed by atoms with E-state index in [0.29, 0.717) is 24.8 Å². The molecule has 0 aromatic rings. The van der Waals surface area contributed by atoms with Gasteiger partial charge in [0.2, 0.25) is 0 Å². The molecule has 0 aliphatic heterocycles. The number of carboxylic acid groups (broad SMARTS) is 1. The van der Waals surface area contributed by atoms with Crippen LogP contribution in [0.15, 0.2) is 0 Å². The first kappa shape index (κ1) is 12.0. The molecule has 1 rings (SSSR count). The van der Waals surface area contributed by atoms with Crippen molar-refractivity contribution in [1.82, 2.24) is 4.90 Å². The van der Waals surface area contributed by atoms with Crippen molar-refractivity contribution >= 4 is 12.4 Å². The fraction of sp³-hybridized carbons (Fsp3) is 0.818. The molecule has 1 aliphatic rings. The first-order valence-electron chi connectivity index (χ1n) is 5.51. The van der Waals surface area contributed by atoms with E-state index in [-0.39, 0.29) is 0 Å². The van der Waals surface area contributed by atoms with Crippen molar-refractivity contribution in [3.8, 4) is 0 Å². The summed E-state index contributed by atoms with van der Waals surface area (Å²) in [6.45, 7) is 0.628. The summed E-state index contributed by atoms with van der Waals surface area (Å²) in [5.74, 6) is 1.02. The van der Waals surface area contributed by atoms with E-state index in [1.165, 1.54) is 4.90 Å². The zero-order valence-corrected chi connectivity index (χ0v) is 9.19. The highest BCUT2D eigenvalue weighted by molar-refractivity contribution is 5.64. The second kappa shape index (κ2) is 5.73. The predicted octanol–water partition coefficient (Wildman–Crippen LogP) is 1.99. The Hall–Kier alpha value is -1.06. The largest absolute Gasteiger partial charge is 0.465 e. The maximum Gasteiger partial charge on any atom is 0.407 e. The molecule has 4 heteroatoms. The Morgan fingerprint density at radius 1 is 1.33 bits per heavy atom. The Morgan fingerprint density at radius 3 is 2.33 bits per heavy atom. The maximum absolute atomic E-state index is 10.6. The van der Waals surface area contributed by atoms with Crippen LogP contribution in [0.2, 0.25) is 0 Å². The molecular formula is C11H19NO3. The Balaban J connectivity index is 2.25. The van der Waals surface area contributed by atoms with Crippen LogP contribution in [0.5, 0.6) is 0 Å². The van der Waals surface area contributed by atoms with Gasteiger partial charge in [0.05, 0.1) is 0 Å². The van der Waals surface area contributed by atoms with Crippen LogP contribution in [-0.4, -0.2) is 36.0 Å². The van der Waals surface area contributed by atoms with E-state index in [1.807, 2.05) is 0 Å². The summed E-state index contributed by atoms with van der Waals surface area (Å²) in [4.78, 5) is 22.3. The van der Waals surface area contributed by atoms with E-state index < -0.39 is 6.09 Å². The Labute approximate surface area is 90.3 Å². The molecule has 1 amide bonds. The van der Waals surface area contributed by atoms with E-state index in [0.717, 1.165) is 32.0 Å². The molecule has 0 aromatic carbocycles. The minimum absolute atomic E-state index is 0.481. The van der Waals surface area contributed by atoms with E-state index in [4.69, 9.17) is 5.11 Å². The van der Waals surface area contributed by atoms with Crippen molar-refractivity contribution in [2.24, 2.45) is 11.8 Å². The number of hydrogen-bond acceptors (Lipinski definition) is 2. The third kappa shape index (κ3) is 3.90. The second-order valence-corrected chi connectivity index (χ2v) is 4.45. The number of rotatable bonds is 4. The molecule has 86 valence electrons. The molecule has 1 aliphatic carbocycles. The zero-order valence-electron chi connectivity index (χ0n) is 9.19. The van der Waals surface area contributed by atoms with Crippen molar-refractivity contribution in [3.05, 3.63) is 0 Å². The van der Waals surface area contributed by atoms with Gasteiger partial charge in [0.25, 0.3) is 0 Å². The molecule has 0 saturated heterocycles. The first-order chi connectivity index (χ1) is 7.13. The molecule has 0 radical (unpaired) electrons. The van der Waals surface area contributed by atoms with Gasteiger partial charge in [0.1, 0.15) is 6.29 Å². The van der Waals surface area contributed by atoms with Gasteiger partial charge in [-0.15, -0.1) is 0 Å². The number of aldehydes is 1. The highest BCUT2D eigenvalue weighted by Gasteiger charge is 2.22. The predicted molar refractivity (Wildman–Crippen MR) is 56.8 cm³/mol. The van der Waals surface area contributed by atoms with E-state index in [2.05, 4.69) is 0 Å². The van der Waals surface area contributed by atoms with Crippen LogP contribution >= 0.6 is 0 Å². The lowest BCUT2D eigenvalue weighted by Crippen LogP contribution is -2.32. The summed E-state index contributed by atoms with van der Waals surface area (Å²) in [6.07, 6.45) is 5.04. The summed E-state index contributed by atoms with van der Waals surface area (Å²) >= 11 is 0. The van der Waals surface area contributed by atoms with Crippen LogP contribution in [-0.2, 0) is 4.79 Å². The molecular weight excluding hydrogens is 194 g/mol. The smallest absolute Gasteiger partial charge is 0.407 e. The van der Waals surface area contributed by atoms with E-state index in [1.54, 1.807) is 7.05 Å². The number of amides is 1. The van der Waals surface area contributed by atoms with Gasteiger partial charge in [-0.1, -0.05) is 0 Å². The molecule has 0 aromatic heterocycles. The molecule has 15 heavy (non-hydrogen) atoms. The van der Waals surface area contributed by atoms with Crippen LogP contribution < -0.4 is 0 Å². The Kier molecular flexibility index (Phi) is 4.59. The van der Waals surface area contributed by atoms with Crippen LogP contribution in [0.1, 0.15) is 32.1 Å². The van der Waals surface area contributed by atoms with Gasteiger partial charge in [-0.3, -0.25) is 0 Å². The summed E-state index contributed by atoms with van der Waals surface area (Å²) in [5.41, 5.74) is 0. The van der Waals surface area contributed by atoms with Crippen molar-refractivity contribution in [3.63, 3.8) is 0 Å². The van der Waals surface area contributed by atoms with Crippen LogP contribution in [0.4, 0.5) is 4.79 Å². The van der Waals surface area contributed by atoms with Gasteiger partial charge in [-0.25, -0.2) is 4.79 Å². The lowest BCUT2D eigenvalue weighted by Gasteiger charge is -2.29. The third-order valence-corrected chi connectivity index (χ3v) is 3.25. The average molecular weight is 213 g/mol. The van der Waals surface area contributed by atoms with Gasteiger partial charge >= 0.3 is 6.09 Å². The van der Waals surface area contributed by atoms with Crippen molar-refractivity contribution in [1.29, 1.82) is 0 Å². The zero-order chi connectivity index (χ0) is 11.3. The van der Waals surface area contributed by atoms with Crippen LogP contribution in [0, 0.1) is 11.8 Å². The van der Waals surface area contributed by atoms with Crippen LogP contribution in [0.3, 0.4) is 0 Å². The van der Waals surface area contributed by atoms with Gasteiger partial charge in [0.15, 0.2) is 0 Å². The maximum atomic E-state index is 10.6. The van der Waals surface area contributed by atoms with Crippen molar-refractivity contribution < 1.29 is 14.7 Å². The summed E-state index contributed by atoms with van der Waals surface area (Å²) in [7, 11) is 1.61. The normalized spacial score (nSPS) is 25.9. The minimum Gasteiger partial charge on any atom is -0.465 e. The minimum atomic E-state index is -0.856.